The second-order valence-corrected chi connectivity index (χ2v) is 10.9. The van der Waals surface area contributed by atoms with Crippen molar-refractivity contribution in [3.05, 3.63) is 36.0 Å². The van der Waals surface area contributed by atoms with Gasteiger partial charge in [0.25, 0.3) is 0 Å². The number of fused-ring (bicyclic) bond motifs is 1. The average molecular weight is 445 g/mol. The number of hydrogen-bond donors (Lipinski definition) is 0. The monoisotopic (exact) mass is 444 g/mol. The first-order chi connectivity index (χ1) is 14.8. The van der Waals surface area contributed by atoms with E-state index in [2.05, 4.69) is 23.7 Å². The third kappa shape index (κ3) is 4.47. The molecule has 2 saturated heterocycles. The molecule has 4 rings (SSSR count). The summed E-state index contributed by atoms with van der Waals surface area (Å²) in [7, 11) is -3.64. The van der Waals surface area contributed by atoms with Gasteiger partial charge in [0.2, 0.25) is 15.9 Å². The number of amides is 1. The highest BCUT2D eigenvalue weighted by molar-refractivity contribution is 7.89. The van der Waals surface area contributed by atoms with Crippen molar-refractivity contribution in [2.45, 2.75) is 57.0 Å². The molecule has 2 aliphatic heterocycles. The molecule has 2 fully saturated rings. The number of rotatable bonds is 4. The van der Waals surface area contributed by atoms with Gasteiger partial charge in [-0.15, -0.1) is 0 Å². The number of carbonyl (C=O) groups is 1. The summed E-state index contributed by atoms with van der Waals surface area (Å²) in [4.78, 5) is 21.7. The van der Waals surface area contributed by atoms with Crippen LogP contribution in [-0.2, 0) is 14.8 Å². The SMILES string of the molecule is Cc1cnc2c(S(=O)(=O)N3CCN(CC(=O)N4C(C)CCCC4C)CC3)cccc2c1. The van der Waals surface area contributed by atoms with Gasteiger partial charge in [0.15, 0.2) is 0 Å². The molecular weight excluding hydrogens is 412 g/mol. The maximum absolute atomic E-state index is 13.3. The number of piperidine rings is 1. The summed E-state index contributed by atoms with van der Waals surface area (Å²) >= 11 is 0. The van der Waals surface area contributed by atoms with E-state index >= 15 is 0 Å². The molecule has 0 bridgehead atoms. The van der Waals surface area contributed by atoms with Crippen LogP contribution in [0.25, 0.3) is 10.9 Å². The number of sulfonamides is 1. The number of likely N-dealkylation sites (tertiary alicyclic amines) is 1. The van der Waals surface area contributed by atoms with E-state index in [4.69, 9.17) is 0 Å². The number of hydrogen-bond acceptors (Lipinski definition) is 5. The van der Waals surface area contributed by atoms with Crippen molar-refractivity contribution in [1.29, 1.82) is 0 Å². The lowest BCUT2D eigenvalue weighted by molar-refractivity contribution is -0.138. The Bertz CT molecular complexity index is 1050. The Morgan fingerprint density at radius 1 is 1.10 bits per heavy atom. The van der Waals surface area contributed by atoms with Gasteiger partial charge in [0.1, 0.15) is 4.90 Å². The molecule has 2 aliphatic rings. The second kappa shape index (κ2) is 8.84. The third-order valence-corrected chi connectivity index (χ3v) is 8.53. The highest BCUT2D eigenvalue weighted by atomic mass is 32.2. The van der Waals surface area contributed by atoms with Crippen LogP contribution in [0.1, 0.15) is 38.7 Å². The minimum absolute atomic E-state index is 0.157. The number of aryl methyl sites for hydroxylation is 1. The normalized spacial score (nSPS) is 23.9. The number of piperazine rings is 1. The first-order valence-electron chi connectivity index (χ1n) is 11.2. The average Bonchev–Trinajstić information content (AvgIpc) is 2.73. The molecule has 31 heavy (non-hydrogen) atoms. The first-order valence-corrected chi connectivity index (χ1v) is 12.6. The second-order valence-electron chi connectivity index (χ2n) is 8.95. The molecular formula is C23H32N4O3S. The van der Waals surface area contributed by atoms with E-state index in [1.54, 1.807) is 18.3 Å². The van der Waals surface area contributed by atoms with E-state index in [-0.39, 0.29) is 22.9 Å². The number of para-hydroxylation sites is 1. The van der Waals surface area contributed by atoms with Crippen molar-refractivity contribution in [2.24, 2.45) is 0 Å². The van der Waals surface area contributed by atoms with E-state index < -0.39 is 10.0 Å². The van der Waals surface area contributed by atoms with Gasteiger partial charge in [-0.3, -0.25) is 14.7 Å². The molecule has 1 amide bonds. The van der Waals surface area contributed by atoms with Gasteiger partial charge < -0.3 is 4.90 Å². The molecule has 1 aromatic heterocycles. The minimum Gasteiger partial charge on any atom is -0.336 e. The molecule has 1 aromatic carbocycles. The maximum Gasteiger partial charge on any atom is 0.245 e. The van der Waals surface area contributed by atoms with Crippen molar-refractivity contribution >= 4 is 26.8 Å². The van der Waals surface area contributed by atoms with Crippen LogP contribution in [-0.4, -0.2) is 78.2 Å². The largest absolute Gasteiger partial charge is 0.336 e. The van der Waals surface area contributed by atoms with Crippen LogP contribution < -0.4 is 0 Å². The fourth-order valence-electron chi connectivity index (χ4n) is 4.90. The Kier molecular flexibility index (Phi) is 6.32. The molecule has 2 aromatic rings. The van der Waals surface area contributed by atoms with Crippen molar-refractivity contribution in [2.75, 3.05) is 32.7 Å². The molecule has 0 aliphatic carbocycles. The Morgan fingerprint density at radius 3 is 2.45 bits per heavy atom. The zero-order valence-electron chi connectivity index (χ0n) is 18.6. The van der Waals surface area contributed by atoms with E-state index in [0.29, 0.717) is 38.2 Å². The lowest BCUT2D eigenvalue weighted by atomic mass is 9.97. The highest BCUT2D eigenvalue weighted by Gasteiger charge is 2.33. The summed E-state index contributed by atoms with van der Waals surface area (Å²) in [5.41, 5.74) is 1.51. The van der Waals surface area contributed by atoms with Gasteiger partial charge in [0.05, 0.1) is 12.1 Å². The quantitative estimate of drug-likeness (QED) is 0.725. The first kappa shape index (κ1) is 22.2. The van der Waals surface area contributed by atoms with Gasteiger partial charge in [0, 0.05) is 49.8 Å². The molecule has 0 radical (unpaired) electrons. The van der Waals surface area contributed by atoms with E-state index in [1.807, 2.05) is 24.0 Å². The molecule has 3 heterocycles. The Morgan fingerprint density at radius 2 is 1.77 bits per heavy atom. The highest BCUT2D eigenvalue weighted by Crippen LogP contribution is 2.26. The van der Waals surface area contributed by atoms with E-state index in [9.17, 15) is 13.2 Å². The molecule has 7 nitrogen and oxygen atoms in total. The van der Waals surface area contributed by atoms with E-state index in [0.717, 1.165) is 23.8 Å². The predicted octanol–water partition coefficient (Wildman–Crippen LogP) is 2.64. The number of pyridine rings is 1. The summed E-state index contributed by atoms with van der Waals surface area (Å²) < 4.78 is 28.2. The summed E-state index contributed by atoms with van der Waals surface area (Å²) in [5, 5.41) is 0.829. The van der Waals surface area contributed by atoms with Crippen molar-refractivity contribution in [1.82, 2.24) is 19.1 Å². The van der Waals surface area contributed by atoms with Gasteiger partial charge in [-0.1, -0.05) is 12.1 Å². The van der Waals surface area contributed by atoms with Crippen LogP contribution in [0.15, 0.2) is 35.4 Å². The molecule has 2 unspecified atom stereocenters. The minimum atomic E-state index is -3.64. The maximum atomic E-state index is 13.3. The van der Waals surface area contributed by atoms with Crippen LogP contribution in [0.4, 0.5) is 0 Å². The number of carbonyl (C=O) groups excluding carboxylic acids is 1. The van der Waals surface area contributed by atoms with Crippen LogP contribution >= 0.6 is 0 Å². The lowest BCUT2D eigenvalue weighted by Gasteiger charge is -2.41. The molecule has 168 valence electrons. The van der Waals surface area contributed by atoms with Crippen molar-refractivity contribution in [3.8, 4) is 0 Å². The summed E-state index contributed by atoms with van der Waals surface area (Å²) in [6, 6.07) is 7.80. The zero-order valence-corrected chi connectivity index (χ0v) is 19.4. The molecule has 0 spiro atoms. The fourth-order valence-corrected chi connectivity index (χ4v) is 6.49. The molecule has 8 heteroatoms. The van der Waals surface area contributed by atoms with Gasteiger partial charge in [-0.25, -0.2) is 8.42 Å². The number of benzene rings is 1. The van der Waals surface area contributed by atoms with Gasteiger partial charge in [-0.05, 0) is 57.7 Å². The van der Waals surface area contributed by atoms with Crippen LogP contribution in [0.2, 0.25) is 0 Å². The summed E-state index contributed by atoms with van der Waals surface area (Å²) in [6.07, 6.45) is 4.99. The molecule has 0 N–H and O–H groups in total. The molecule has 2 atom stereocenters. The smallest absolute Gasteiger partial charge is 0.245 e. The van der Waals surface area contributed by atoms with Gasteiger partial charge >= 0.3 is 0 Å². The standard InChI is InChI=1S/C23H32N4O3S/c1-17-14-20-8-5-9-21(23(20)24-15-17)31(29,30)26-12-10-25(11-13-26)16-22(28)27-18(2)6-4-7-19(27)3/h5,8-9,14-15,18-19H,4,6-7,10-13,16H2,1-3H3. The fraction of sp³-hybridized carbons (Fsp3) is 0.565. The van der Waals surface area contributed by atoms with Gasteiger partial charge in [-0.2, -0.15) is 4.31 Å². The number of nitrogens with zero attached hydrogens (tertiary/aromatic N) is 4. The summed E-state index contributed by atoms with van der Waals surface area (Å²) in [5.74, 6) is 0.157. The number of aromatic nitrogens is 1. The Labute approximate surface area is 185 Å². The lowest BCUT2D eigenvalue weighted by Crippen LogP contribution is -2.54. The van der Waals surface area contributed by atoms with Crippen LogP contribution in [0, 0.1) is 6.92 Å². The van der Waals surface area contributed by atoms with Crippen molar-refractivity contribution in [3.63, 3.8) is 0 Å². The third-order valence-electron chi connectivity index (χ3n) is 6.60. The zero-order chi connectivity index (χ0) is 22.2. The predicted molar refractivity (Wildman–Crippen MR) is 121 cm³/mol. The Balaban J connectivity index is 1.43. The summed E-state index contributed by atoms with van der Waals surface area (Å²) in [6.45, 7) is 8.41. The Hall–Kier alpha value is -2.03. The van der Waals surface area contributed by atoms with Crippen molar-refractivity contribution < 1.29 is 13.2 Å². The van der Waals surface area contributed by atoms with Crippen LogP contribution in [0.5, 0.6) is 0 Å². The molecule has 0 saturated carbocycles. The van der Waals surface area contributed by atoms with E-state index in [1.165, 1.54) is 10.7 Å². The topological polar surface area (TPSA) is 73.8 Å². The van der Waals surface area contributed by atoms with Crippen LogP contribution in [0.3, 0.4) is 0 Å².